The molecule has 6 heteroatoms. The first-order valence-corrected chi connectivity index (χ1v) is 11.4. The van der Waals surface area contributed by atoms with Crippen molar-refractivity contribution in [3.8, 4) is 11.5 Å². The van der Waals surface area contributed by atoms with Gasteiger partial charge in [-0.1, -0.05) is 73.0 Å². The molecule has 0 saturated heterocycles. The highest BCUT2D eigenvalue weighted by atomic mass is 35.5. The van der Waals surface area contributed by atoms with Gasteiger partial charge in [0, 0.05) is 12.6 Å². The van der Waals surface area contributed by atoms with Crippen LogP contribution in [-0.2, 0) is 13.2 Å². The minimum absolute atomic E-state index is 0.326. The van der Waals surface area contributed by atoms with E-state index < -0.39 is 0 Å². The fourth-order valence-electron chi connectivity index (χ4n) is 3.72. The van der Waals surface area contributed by atoms with Crippen molar-refractivity contribution in [3.05, 3.63) is 56.5 Å². The second kappa shape index (κ2) is 11.3. The van der Waals surface area contributed by atoms with Crippen molar-refractivity contribution >= 4 is 34.8 Å². The van der Waals surface area contributed by atoms with E-state index in [4.69, 9.17) is 44.3 Å². The predicted molar refractivity (Wildman–Crippen MR) is 122 cm³/mol. The molecule has 158 valence electrons. The van der Waals surface area contributed by atoms with Gasteiger partial charge in [-0.2, -0.15) is 0 Å². The van der Waals surface area contributed by atoms with E-state index in [1.807, 2.05) is 18.2 Å². The molecule has 0 bridgehead atoms. The lowest BCUT2D eigenvalue weighted by Crippen LogP contribution is -2.29. The molecule has 1 saturated carbocycles. The minimum Gasteiger partial charge on any atom is -0.493 e. The normalized spacial score (nSPS) is 15.6. The molecular formula is C23H28Cl3NO2. The fourth-order valence-corrected chi connectivity index (χ4v) is 4.33. The number of nitrogens with one attached hydrogen (secondary N) is 1. The van der Waals surface area contributed by atoms with Crippen LogP contribution in [0.3, 0.4) is 0 Å². The Hall–Kier alpha value is -1.13. The smallest absolute Gasteiger partial charge is 0.180 e. The zero-order valence-corrected chi connectivity index (χ0v) is 19.0. The lowest BCUT2D eigenvalue weighted by atomic mass is 9.96. The van der Waals surface area contributed by atoms with Crippen LogP contribution in [0.4, 0.5) is 0 Å². The minimum atomic E-state index is 0.326. The SMILES string of the molecule is COc1cc(CNC2CCCCCCC2)cc(Cl)c1OCc1ccc(Cl)c(Cl)c1. The van der Waals surface area contributed by atoms with E-state index in [1.165, 1.54) is 44.9 Å². The number of halogens is 3. The Morgan fingerprint density at radius 1 is 0.862 bits per heavy atom. The molecule has 3 nitrogen and oxygen atoms in total. The summed E-state index contributed by atoms with van der Waals surface area (Å²) in [6, 6.07) is 9.94. The lowest BCUT2D eigenvalue weighted by molar-refractivity contribution is 0.284. The molecule has 1 aliphatic carbocycles. The van der Waals surface area contributed by atoms with Crippen LogP contribution in [0.5, 0.6) is 11.5 Å². The maximum absolute atomic E-state index is 6.53. The molecule has 0 aliphatic heterocycles. The summed E-state index contributed by atoms with van der Waals surface area (Å²) in [5.41, 5.74) is 2.00. The Kier molecular flexibility index (Phi) is 8.80. The number of ether oxygens (including phenoxy) is 2. The summed E-state index contributed by atoms with van der Waals surface area (Å²) in [6.45, 7) is 1.10. The van der Waals surface area contributed by atoms with E-state index in [1.54, 1.807) is 19.2 Å². The molecule has 0 atom stereocenters. The van der Waals surface area contributed by atoms with Crippen LogP contribution in [0.1, 0.15) is 56.1 Å². The molecule has 0 amide bonds. The molecule has 0 radical (unpaired) electrons. The van der Waals surface area contributed by atoms with Crippen molar-refractivity contribution in [3.63, 3.8) is 0 Å². The third-order valence-corrected chi connectivity index (χ3v) is 6.38. The van der Waals surface area contributed by atoms with Gasteiger partial charge in [-0.3, -0.25) is 0 Å². The molecular weight excluding hydrogens is 429 g/mol. The quantitative estimate of drug-likeness (QED) is 0.469. The summed E-state index contributed by atoms with van der Waals surface area (Å²) >= 11 is 18.6. The number of methoxy groups -OCH3 is 1. The van der Waals surface area contributed by atoms with E-state index in [0.717, 1.165) is 17.7 Å². The van der Waals surface area contributed by atoms with Gasteiger partial charge in [0.1, 0.15) is 6.61 Å². The van der Waals surface area contributed by atoms with E-state index in [2.05, 4.69) is 5.32 Å². The first-order chi connectivity index (χ1) is 14.1. The standard InChI is InChI=1S/C23H28Cl3NO2/c1-28-22-13-17(14-27-18-7-5-3-2-4-6-8-18)12-21(26)23(22)29-15-16-9-10-19(24)20(25)11-16/h9-13,18,27H,2-8,14-15H2,1H3. The van der Waals surface area contributed by atoms with E-state index in [-0.39, 0.29) is 0 Å². The number of hydrogen-bond donors (Lipinski definition) is 1. The molecule has 1 fully saturated rings. The van der Waals surface area contributed by atoms with Crippen LogP contribution in [0.25, 0.3) is 0 Å². The Bertz CT molecular complexity index is 805. The summed E-state index contributed by atoms with van der Waals surface area (Å²) in [5, 5.41) is 5.25. The summed E-state index contributed by atoms with van der Waals surface area (Å²) in [5.74, 6) is 1.17. The van der Waals surface area contributed by atoms with Crippen LogP contribution < -0.4 is 14.8 Å². The van der Waals surface area contributed by atoms with Crippen molar-refractivity contribution in [1.29, 1.82) is 0 Å². The first-order valence-electron chi connectivity index (χ1n) is 10.2. The summed E-state index contributed by atoms with van der Waals surface area (Å²) in [7, 11) is 1.63. The van der Waals surface area contributed by atoms with Gasteiger partial charge in [0.25, 0.3) is 0 Å². The van der Waals surface area contributed by atoms with E-state index in [0.29, 0.717) is 39.2 Å². The second-order valence-electron chi connectivity index (χ2n) is 7.57. The Balaban J connectivity index is 1.64. The number of benzene rings is 2. The molecule has 1 aliphatic rings. The maximum Gasteiger partial charge on any atom is 0.180 e. The predicted octanol–water partition coefficient (Wildman–Crippen LogP) is 7.44. The molecule has 2 aromatic carbocycles. The second-order valence-corrected chi connectivity index (χ2v) is 8.79. The average molecular weight is 457 g/mol. The Morgan fingerprint density at radius 2 is 1.55 bits per heavy atom. The van der Waals surface area contributed by atoms with Gasteiger partial charge in [-0.15, -0.1) is 0 Å². The van der Waals surface area contributed by atoms with Gasteiger partial charge in [0.05, 0.1) is 22.2 Å². The summed E-state index contributed by atoms with van der Waals surface area (Å²) in [4.78, 5) is 0. The van der Waals surface area contributed by atoms with Crippen LogP contribution in [0.2, 0.25) is 15.1 Å². The van der Waals surface area contributed by atoms with Crippen LogP contribution in [-0.4, -0.2) is 13.2 Å². The van der Waals surface area contributed by atoms with Gasteiger partial charge in [-0.25, -0.2) is 0 Å². The summed E-state index contributed by atoms with van der Waals surface area (Å²) in [6.07, 6.45) is 9.19. The zero-order chi connectivity index (χ0) is 20.6. The topological polar surface area (TPSA) is 30.5 Å². The van der Waals surface area contributed by atoms with Crippen LogP contribution in [0, 0.1) is 0 Å². The summed E-state index contributed by atoms with van der Waals surface area (Å²) < 4.78 is 11.5. The van der Waals surface area contributed by atoms with Gasteiger partial charge >= 0.3 is 0 Å². The first kappa shape index (κ1) is 22.6. The van der Waals surface area contributed by atoms with Crippen molar-refractivity contribution in [2.24, 2.45) is 0 Å². The largest absolute Gasteiger partial charge is 0.493 e. The molecule has 0 heterocycles. The molecule has 0 unspecified atom stereocenters. The lowest BCUT2D eigenvalue weighted by Gasteiger charge is -2.21. The fraction of sp³-hybridized carbons (Fsp3) is 0.478. The molecule has 2 aromatic rings. The van der Waals surface area contributed by atoms with Crippen molar-refractivity contribution in [2.45, 2.75) is 64.1 Å². The maximum atomic E-state index is 6.53. The van der Waals surface area contributed by atoms with E-state index in [9.17, 15) is 0 Å². The number of hydrogen-bond acceptors (Lipinski definition) is 3. The van der Waals surface area contributed by atoms with Gasteiger partial charge in [0.2, 0.25) is 0 Å². The van der Waals surface area contributed by atoms with E-state index >= 15 is 0 Å². The van der Waals surface area contributed by atoms with Crippen LogP contribution >= 0.6 is 34.8 Å². The van der Waals surface area contributed by atoms with Crippen molar-refractivity contribution in [1.82, 2.24) is 5.32 Å². The highest BCUT2D eigenvalue weighted by molar-refractivity contribution is 6.42. The third kappa shape index (κ3) is 6.68. The zero-order valence-electron chi connectivity index (χ0n) is 16.8. The Morgan fingerprint density at radius 3 is 2.24 bits per heavy atom. The van der Waals surface area contributed by atoms with Gasteiger partial charge in [-0.05, 0) is 48.2 Å². The van der Waals surface area contributed by atoms with Crippen LogP contribution in [0.15, 0.2) is 30.3 Å². The van der Waals surface area contributed by atoms with Gasteiger partial charge in [0.15, 0.2) is 11.5 Å². The van der Waals surface area contributed by atoms with Crippen molar-refractivity contribution in [2.75, 3.05) is 7.11 Å². The molecule has 3 rings (SSSR count). The number of rotatable bonds is 7. The molecule has 0 aromatic heterocycles. The highest BCUT2D eigenvalue weighted by Gasteiger charge is 2.15. The Labute approximate surface area is 188 Å². The monoisotopic (exact) mass is 455 g/mol. The highest BCUT2D eigenvalue weighted by Crippen LogP contribution is 2.37. The molecule has 1 N–H and O–H groups in total. The molecule has 0 spiro atoms. The molecule has 29 heavy (non-hydrogen) atoms. The average Bonchev–Trinajstić information content (AvgIpc) is 2.68. The third-order valence-electron chi connectivity index (χ3n) is 5.36. The van der Waals surface area contributed by atoms with Crippen molar-refractivity contribution < 1.29 is 9.47 Å². The van der Waals surface area contributed by atoms with Gasteiger partial charge < -0.3 is 14.8 Å².